The third-order valence-corrected chi connectivity index (χ3v) is 3.37. The van der Waals surface area contributed by atoms with Gasteiger partial charge in [0.1, 0.15) is 5.69 Å². The number of nitrogens with two attached hydrogens (primary N) is 1. The molecule has 0 saturated heterocycles. The molecule has 0 amide bonds. The Balaban J connectivity index is 2.05. The predicted molar refractivity (Wildman–Crippen MR) is 83.2 cm³/mol. The highest BCUT2D eigenvalue weighted by Crippen LogP contribution is 2.27. The summed E-state index contributed by atoms with van der Waals surface area (Å²) in [4.78, 5) is 0. The lowest BCUT2D eigenvalue weighted by Crippen LogP contribution is -1.94. The van der Waals surface area contributed by atoms with Gasteiger partial charge < -0.3 is 5.73 Å². The number of nitrogen functional groups attached to an aromatic ring is 1. The molecule has 0 radical (unpaired) electrons. The molecule has 0 aliphatic heterocycles. The summed E-state index contributed by atoms with van der Waals surface area (Å²) >= 11 is 6.01. The summed E-state index contributed by atoms with van der Waals surface area (Å²) in [5, 5.41) is 5.23. The van der Waals surface area contributed by atoms with Gasteiger partial charge in [0, 0.05) is 10.6 Å². The Hall–Kier alpha value is -2.26. The molecule has 0 atom stereocenters. The first-order valence-electron chi connectivity index (χ1n) is 6.31. The first-order valence-corrected chi connectivity index (χ1v) is 6.69. The van der Waals surface area contributed by atoms with Gasteiger partial charge >= 0.3 is 0 Å². The molecule has 3 aromatic rings. The maximum atomic E-state index is 6.06. The summed E-state index contributed by atoms with van der Waals surface area (Å²) in [5.74, 6) is 0. The van der Waals surface area contributed by atoms with E-state index in [1.165, 1.54) is 5.56 Å². The van der Waals surface area contributed by atoms with E-state index in [4.69, 9.17) is 17.3 Å². The molecule has 0 unspecified atom stereocenters. The third-order valence-electron chi connectivity index (χ3n) is 3.14. The average molecular weight is 284 g/mol. The van der Waals surface area contributed by atoms with Gasteiger partial charge in [-0.15, -0.1) is 0 Å². The quantitative estimate of drug-likeness (QED) is 0.770. The largest absolute Gasteiger partial charge is 0.396 e. The van der Waals surface area contributed by atoms with Crippen LogP contribution < -0.4 is 5.73 Å². The van der Waals surface area contributed by atoms with Crippen LogP contribution in [0.5, 0.6) is 0 Å². The molecule has 2 N–H and O–H groups in total. The zero-order valence-electron chi connectivity index (χ0n) is 11.0. The van der Waals surface area contributed by atoms with Crippen molar-refractivity contribution in [2.24, 2.45) is 0 Å². The molecule has 1 heterocycles. The molecular formula is C16H14ClN3. The van der Waals surface area contributed by atoms with Gasteiger partial charge in [0.15, 0.2) is 0 Å². The van der Waals surface area contributed by atoms with Gasteiger partial charge in [0.25, 0.3) is 0 Å². The van der Waals surface area contributed by atoms with Crippen LogP contribution in [0.1, 0.15) is 5.56 Å². The molecule has 3 nitrogen and oxygen atoms in total. The fourth-order valence-electron chi connectivity index (χ4n) is 2.08. The second-order valence-electron chi connectivity index (χ2n) is 4.72. The Labute approximate surface area is 122 Å². The van der Waals surface area contributed by atoms with Crippen LogP contribution in [0.2, 0.25) is 5.02 Å². The molecule has 0 aliphatic carbocycles. The summed E-state index contributed by atoms with van der Waals surface area (Å²) in [7, 11) is 0. The van der Waals surface area contributed by atoms with Crippen LogP contribution >= 0.6 is 11.6 Å². The second kappa shape index (κ2) is 5.02. The average Bonchev–Trinajstić information content (AvgIpc) is 2.82. The first kappa shape index (κ1) is 12.8. The van der Waals surface area contributed by atoms with E-state index >= 15 is 0 Å². The summed E-state index contributed by atoms with van der Waals surface area (Å²) in [6, 6.07) is 15.7. The topological polar surface area (TPSA) is 43.8 Å². The summed E-state index contributed by atoms with van der Waals surface area (Å²) in [5.41, 5.74) is 10.6. The highest BCUT2D eigenvalue weighted by atomic mass is 35.5. The number of nitrogens with zero attached hydrogens (tertiary/aromatic N) is 2. The minimum Gasteiger partial charge on any atom is -0.396 e. The van der Waals surface area contributed by atoms with Gasteiger partial charge in [-0.25, -0.2) is 4.68 Å². The SMILES string of the molecule is Cc1ccc(-n2cc(N)c(-c3cccc(Cl)c3)n2)cc1. The van der Waals surface area contributed by atoms with E-state index in [0.29, 0.717) is 10.7 Å². The smallest absolute Gasteiger partial charge is 0.116 e. The summed E-state index contributed by atoms with van der Waals surface area (Å²) < 4.78 is 1.78. The predicted octanol–water partition coefficient (Wildman–Crippen LogP) is 4.08. The Bertz CT molecular complexity index is 745. The number of anilines is 1. The number of rotatable bonds is 2. The summed E-state index contributed by atoms with van der Waals surface area (Å²) in [6.45, 7) is 2.05. The standard InChI is InChI=1S/C16H14ClN3/c1-11-5-7-14(8-6-11)20-10-15(18)16(19-20)12-3-2-4-13(17)9-12/h2-10H,18H2,1H3. The van der Waals surface area contributed by atoms with E-state index in [0.717, 1.165) is 16.9 Å². The number of aromatic nitrogens is 2. The molecule has 0 spiro atoms. The van der Waals surface area contributed by atoms with Crippen molar-refractivity contribution in [3.63, 3.8) is 0 Å². The molecular weight excluding hydrogens is 270 g/mol. The Morgan fingerprint density at radius 3 is 2.55 bits per heavy atom. The molecule has 3 rings (SSSR count). The van der Waals surface area contributed by atoms with Crippen LogP contribution in [0.25, 0.3) is 16.9 Å². The van der Waals surface area contributed by atoms with Gasteiger partial charge in [-0.2, -0.15) is 5.10 Å². The normalized spacial score (nSPS) is 10.7. The van der Waals surface area contributed by atoms with E-state index in [1.807, 2.05) is 54.7 Å². The van der Waals surface area contributed by atoms with Crippen molar-refractivity contribution in [3.8, 4) is 16.9 Å². The maximum absolute atomic E-state index is 6.06. The minimum absolute atomic E-state index is 0.632. The van der Waals surface area contributed by atoms with Crippen molar-refractivity contribution < 1.29 is 0 Å². The molecule has 0 saturated carbocycles. The Morgan fingerprint density at radius 2 is 1.85 bits per heavy atom. The van der Waals surface area contributed by atoms with Crippen molar-refractivity contribution in [2.75, 3.05) is 5.73 Å². The highest BCUT2D eigenvalue weighted by Gasteiger charge is 2.09. The lowest BCUT2D eigenvalue weighted by molar-refractivity contribution is 0.884. The van der Waals surface area contributed by atoms with E-state index in [1.54, 1.807) is 4.68 Å². The van der Waals surface area contributed by atoms with Crippen LogP contribution in [0.3, 0.4) is 0 Å². The lowest BCUT2D eigenvalue weighted by Gasteiger charge is -2.01. The van der Waals surface area contributed by atoms with Crippen molar-refractivity contribution in [3.05, 3.63) is 65.3 Å². The number of benzene rings is 2. The molecule has 1 aromatic heterocycles. The van der Waals surface area contributed by atoms with Crippen LogP contribution in [-0.4, -0.2) is 9.78 Å². The van der Waals surface area contributed by atoms with E-state index in [-0.39, 0.29) is 0 Å². The van der Waals surface area contributed by atoms with Crippen LogP contribution in [0, 0.1) is 6.92 Å². The number of aryl methyl sites for hydroxylation is 1. The zero-order chi connectivity index (χ0) is 14.1. The first-order chi connectivity index (χ1) is 9.63. The number of hydrogen-bond acceptors (Lipinski definition) is 2. The fourth-order valence-corrected chi connectivity index (χ4v) is 2.27. The minimum atomic E-state index is 0.632. The van der Waals surface area contributed by atoms with Gasteiger partial charge in [0.05, 0.1) is 17.6 Å². The van der Waals surface area contributed by atoms with Gasteiger partial charge in [-0.1, -0.05) is 41.4 Å². The van der Waals surface area contributed by atoms with Gasteiger partial charge in [0.2, 0.25) is 0 Å². The van der Waals surface area contributed by atoms with Crippen molar-refractivity contribution >= 4 is 17.3 Å². The molecule has 20 heavy (non-hydrogen) atoms. The number of halogens is 1. The van der Waals surface area contributed by atoms with Crippen LogP contribution in [0.4, 0.5) is 5.69 Å². The van der Waals surface area contributed by atoms with Crippen molar-refractivity contribution in [2.45, 2.75) is 6.92 Å². The zero-order valence-corrected chi connectivity index (χ0v) is 11.8. The fraction of sp³-hybridized carbons (Fsp3) is 0.0625. The molecule has 2 aromatic carbocycles. The summed E-state index contributed by atoms with van der Waals surface area (Å²) in [6.07, 6.45) is 1.82. The Kier molecular flexibility index (Phi) is 3.20. The molecule has 0 fully saturated rings. The lowest BCUT2D eigenvalue weighted by atomic mass is 10.1. The van der Waals surface area contributed by atoms with Crippen molar-refractivity contribution in [1.82, 2.24) is 9.78 Å². The van der Waals surface area contributed by atoms with E-state index < -0.39 is 0 Å². The monoisotopic (exact) mass is 283 g/mol. The highest BCUT2D eigenvalue weighted by molar-refractivity contribution is 6.30. The second-order valence-corrected chi connectivity index (χ2v) is 5.16. The van der Waals surface area contributed by atoms with Crippen molar-refractivity contribution in [1.29, 1.82) is 0 Å². The van der Waals surface area contributed by atoms with E-state index in [2.05, 4.69) is 12.0 Å². The Morgan fingerprint density at radius 1 is 1.10 bits per heavy atom. The molecule has 0 aliphatic rings. The van der Waals surface area contributed by atoms with Gasteiger partial charge in [-0.3, -0.25) is 0 Å². The molecule has 4 heteroatoms. The third kappa shape index (κ3) is 2.40. The molecule has 0 bridgehead atoms. The van der Waals surface area contributed by atoms with Crippen LogP contribution in [0.15, 0.2) is 54.7 Å². The van der Waals surface area contributed by atoms with Crippen LogP contribution in [-0.2, 0) is 0 Å². The number of hydrogen-bond donors (Lipinski definition) is 1. The molecule has 100 valence electrons. The maximum Gasteiger partial charge on any atom is 0.116 e. The van der Waals surface area contributed by atoms with Gasteiger partial charge in [-0.05, 0) is 31.2 Å². The van der Waals surface area contributed by atoms with E-state index in [9.17, 15) is 0 Å².